The Hall–Kier alpha value is -0.460. The van der Waals surface area contributed by atoms with Gasteiger partial charge in [-0.25, -0.2) is 13.6 Å². The second kappa shape index (κ2) is 4.37. The van der Waals surface area contributed by atoms with Crippen LogP contribution in [0.5, 0.6) is 0 Å². The lowest BCUT2D eigenvalue weighted by atomic mass is 10.2. The number of nitrogens with two attached hydrogens (primary N) is 1. The lowest BCUT2D eigenvalue weighted by Crippen LogP contribution is -2.15. The van der Waals surface area contributed by atoms with Gasteiger partial charge in [0.2, 0.25) is 10.0 Å². The third-order valence-electron chi connectivity index (χ3n) is 1.69. The smallest absolute Gasteiger partial charge is 0.239 e. The van der Waals surface area contributed by atoms with Crippen LogP contribution in [-0.2, 0) is 16.4 Å². The average molecular weight is 279 g/mol. The van der Waals surface area contributed by atoms with E-state index in [2.05, 4.69) is 20.9 Å². The largest absolute Gasteiger partial charge is 0.259 e. The predicted molar refractivity (Wildman–Crippen MR) is 57.3 cm³/mol. The van der Waals surface area contributed by atoms with Crippen LogP contribution < -0.4 is 5.14 Å². The van der Waals surface area contributed by atoms with E-state index in [1.807, 2.05) is 6.92 Å². The summed E-state index contributed by atoms with van der Waals surface area (Å²) in [4.78, 5) is 4.13. The first-order valence-electron chi connectivity index (χ1n) is 4.12. The van der Waals surface area contributed by atoms with Crippen molar-refractivity contribution in [3.05, 3.63) is 22.4 Å². The highest BCUT2D eigenvalue weighted by molar-refractivity contribution is 9.10. The summed E-state index contributed by atoms with van der Waals surface area (Å²) in [5.41, 5.74) is 0.526. The number of halogens is 1. The van der Waals surface area contributed by atoms with Gasteiger partial charge in [0.15, 0.2) is 0 Å². The number of rotatable bonds is 3. The fourth-order valence-electron chi connectivity index (χ4n) is 1.12. The highest BCUT2D eigenvalue weighted by Crippen LogP contribution is 2.18. The number of hydrogen-bond acceptors (Lipinski definition) is 3. The van der Waals surface area contributed by atoms with Crippen molar-refractivity contribution in [2.45, 2.75) is 24.7 Å². The van der Waals surface area contributed by atoms with E-state index in [1.165, 1.54) is 6.07 Å². The van der Waals surface area contributed by atoms with Gasteiger partial charge in [-0.15, -0.1) is 0 Å². The maximum absolute atomic E-state index is 11.2. The number of nitrogens with zero attached hydrogens (tertiary/aromatic N) is 1. The van der Waals surface area contributed by atoms with Crippen LogP contribution in [0, 0.1) is 0 Å². The third-order valence-corrected chi connectivity index (χ3v) is 3.09. The zero-order chi connectivity index (χ0) is 10.8. The molecule has 0 saturated carbocycles. The first kappa shape index (κ1) is 11.6. The van der Waals surface area contributed by atoms with Gasteiger partial charge < -0.3 is 0 Å². The van der Waals surface area contributed by atoms with Crippen molar-refractivity contribution in [3.8, 4) is 0 Å². The normalized spacial score (nSPS) is 11.6. The molecule has 1 aromatic heterocycles. The van der Waals surface area contributed by atoms with Gasteiger partial charge in [-0.05, 0) is 28.4 Å². The van der Waals surface area contributed by atoms with E-state index in [0.29, 0.717) is 16.6 Å². The number of sulfonamides is 1. The molecule has 0 aliphatic rings. The maximum Gasteiger partial charge on any atom is 0.239 e. The quantitative estimate of drug-likeness (QED) is 0.910. The molecule has 0 unspecified atom stereocenters. The Labute approximate surface area is 91.7 Å². The standard InChI is InChI=1S/C8H11BrN2O2S/c1-2-3-7-8(14(10,12)13)4-6(9)5-11-7/h4-5H,2-3H2,1H3,(H2,10,12,13). The van der Waals surface area contributed by atoms with E-state index in [0.717, 1.165) is 6.42 Å². The minimum Gasteiger partial charge on any atom is -0.259 e. The topological polar surface area (TPSA) is 73.0 Å². The molecule has 1 rings (SSSR count). The molecular weight excluding hydrogens is 268 g/mol. The minimum absolute atomic E-state index is 0.105. The van der Waals surface area contributed by atoms with Gasteiger partial charge >= 0.3 is 0 Å². The first-order valence-corrected chi connectivity index (χ1v) is 6.46. The van der Waals surface area contributed by atoms with Crippen molar-refractivity contribution in [1.82, 2.24) is 4.98 Å². The molecule has 0 fully saturated rings. The number of primary sulfonamides is 1. The van der Waals surface area contributed by atoms with Crippen molar-refractivity contribution in [2.24, 2.45) is 5.14 Å². The third kappa shape index (κ3) is 2.76. The maximum atomic E-state index is 11.2. The zero-order valence-corrected chi connectivity index (χ0v) is 10.1. The Morgan fingerprint density at radius 3 is 2.71 bits per heavy atom. The molecule has 1 aromatic rings. The molecule has 0 spiro atoms. The fraction of sp³-hybridized carbons (Fsp3) is 0.375. The number of aromatic nitrogens is 1. The van der Waals surface area contributed by atoms with Crippen LogP contribution >= 0.6 is 15.9 Å². The summed E-state index contributed by atoms with van der Waals surface area (Å²) < 4.78 is 23.0. The number of pyridine rings is 1. The Kier molecular flexibility index (Phi) is 3.63. The van der Waals surface area contributed by atoms with Crippen LogP contribution in [0.25, 0.3) is 0 Å². The van der Waals surface area contributed by atoms with Crippen LogP contribution in [-0.4, -0.2) is 13.4 Å². The second-order valence-corrected chi connectivity index (χ2v) is 5.34. The summed E-state index contributed by atoms with van der Waals surface area (Å²) >= 11 is 3.16. The summed E-state index contributed by atoms with van der Waals surface area (Å²) in [7, 11) is -3.67. The molecule has 0 aromatic carbocycles. The summed E-state index contributed by atoms with van der Waals surface area (Å²) in [6.07, 6.45) is 3.01. The Bertz CT molecular complexity index is 431. The van der Waals surface area contributed by atoms with Gasteiger partial charge in [0.1, 0.15) is 4.90 Å². The SMILES string of the molecule is CCCc1ncc(Br)cc1S(N)(=O)=O. The molecule has 6 heteroatoms. The van der Waals surface area contributed by atoms with Gasteiger partial charge in [-0.1, -0.05) is 13.3 Å². The van der Waals surface area contributed by atoms with Crippen LogP contribution in [0.4, 0.5) is 0 Å². The highest BCUT2D eigenvalue weighted by Gasteiger charge is 2.14. The molecule has 78 valence electrons. The van der Waals surface area contributed by atoms with E-state index >= 15 is 0 Å². The Morgan fingerprint density at radius 2 is 2.21 bits per heavy atom. The van der Waals surface area contributed by atoms with Crippen LogP contribution in [0.2, 0.25) is 0 Å². The lowest BCUT2D eigenvalue weighted by Gasteiger charge is -2.05. The van der Waals surface area contributed by atoms with Gasteiger partial charge in [-0.3, -0.25) is 4.98 Å². The molecule has 0 aliphatic heterocycles. The van der Waals surface area contributed by atoms with Gasteiger partial charge in [0, 0.05) is 10.7 Å². The molecule has 0 saturated heterocycles. The first-order chi connectivity index (χ1) is 6.45. The van der Waals surface area contributed by atoms with Crippen LogP contribution in [0.1, 0.15) is 19.0 Å². The predicted octanol–water partition coefficient (Wildman–Crippen LogP) is 1.44. The summed E-state index contributed by atoms with van der Waals surface area (Å²) in [6, 6.07) is 1.48. The zero-order valence-electron chi connectivity index (χ0n) is 7.70. The van der Waals surface area contributed by atoms with Crippen molar-refractivity contribution in [3.63, 3.8) is 0 Å². The van der Waals surface area contributed by atoms with E-state index in [-0.39, 0.29) is 4.90 Å². The van der Waals surface area contributed by atoms with Crippen LogP contribution in [0.15, 0.2) is 21.6 Å². The Balaban J connectivity index is 3.30. The average Bonchev–Trinajstić information content (AvgIpc) is 2.07. The summed E-state index contributed by atoms with van der Waals surface area (Å²) in [5.74, 6) is 0. The van der Waals surface area contributed by atoms with E-state index < -0.39 is 10.0 Å². The molecule has 0 aliphatic carbocycles. The van der Waals surface area contributed by atoms with Gasteiger partial charge in [0.05, 0.1) is 5.69 Å². The molecule has 4 nitrogen and oxygen atoms in total. The molecule has 14 heavy (non-hydrogen) atoms. The summed E-state index contributed by atoms with van der Waals surface area (Å²) in [6.45, 7) is 1.96. The van der Waals surface area contributed by atoms with E-state index in [4.69, 9.17) is 5.14 Å². The highest BCUT2D eigenvalue weighted by atomic mass is 79.9. The molecule has 0 bridgehead atoms. The fourth-order valence-corrected chi connectivity index (χ4v) is 2.38. The van der Waals surface area contributed by atoms with Gasteiger partial charge in [0.25, 0.3) is 0 Å². The number of aryl methyl sites for hydroxylation is 1. The molecule has 0 amide bonds. The van der Waals surface area contributed by atoms with E-state index in [9.17, 15) is 8.42 Å². The van der Waals surface area contributed by atoms with Gasteiger partial charge in [-0.2, -0.15) is 0 Å². The second-order valence-electron chi connectivity index (χ2n) is 2.89. The lowest BCUT2D eigenvalue weighted by molar-refractivity contribution is 0.595. The van der Waals surface area contributed by atoms with Crippen molar-refractivity contribution in [2.75, 3.05) is 0 Å². The Morgan fingerprint density at radius 1 is 1.57 bits per heavy atom. The molecule has 0 atom stereocenters. The van der Waals surface area contributed by atoms with Crippen LogP contribution in [0.3, 0.4) is 0 Å². The molecule has 1 heterocycles. The molecule has 0 radical (unpaired) electrons. The number of hydrogen-bond donors (Lipinski definition) is 1. The monoisotopic (exact) mass is 278 g/mol. The molecular formula is C8H11BrN2O2S. The van der Waals surface area contributed by atoms with E-state index in [1.54, 1.807) is 6.20 Å². The minimum atomic E-state index is -3.67. The van der Waals surface area contributed by atoms with Crippen molar-refractivity contribution >= 4 is 26.0 Å². The summed E-state index contributed by atoms with van der Waals surface area (Å²) in [5, 5.41) is 5.07. The van der Waals surface area contributed by atoms with Crippen molar-refractivity contribution < 1.29 is 8.42 Å². The van der Waals surface area contributed by atoms with Crippen molar-refractivity contribution in [1.29, 1.82) is 0 Å². The molecule has 2 N–H and O–H groups in total.